The molecule has 1 unspecified atom stereocenters. The molecule has 1 aromatic rings. The molecule has 0 radical (unpaired) electrons. The highest BCUT2D eigenvalue weighted by Gasteiger charge is 2.12. The smallest absolute Gasteiger partial charge is 0.138 e. The maximum Gasteiger partial charge on any atom is 0.138 e. The van der Waals surface area contributed by atoms with Gasteiger partial charge in [0.05, 0.1) is 7.11 Å². The van der Waals surface area contributed by atoms with Gasteiger partial charge < -0.3 is 10.1 Å². The van der Waals surface area contributed by atoms with Crippen LogP contribution in [0.15, 0.2) is 18.2 Å². The molecule has 0 spiro atoms. The van der Waals surface area contributed by atoms with E-state index in [1.54, 1.807) is 7.11 Å². The normalized spacial score (nSPS) is 12.2. The van der Waals surface area contributed by atoms with Crippen LogP contribution in [0.3, 0.4) is 0 Å². The van der Waals surface area contributed by atoms with E-state index in [0.29, 0.717) is 12.8 Å². The highest BCUT2D eigenvalue weighted by molar-refractivity contribution is 5.82. The topological polar surface area (TPSA) is 38.3 Å². The molecule has 3 nitrogen and oxygen atoms in total. The molecule has 0 aromatic heterocycles. The van der Waals surface area contributed by atoms with Gasteiger partial charge in [-0.25, -0.2) is 0 Å². The fourth-order valence-corrected chi connectivity index (χ4v) is 2.09. The van der Waals surface area contributed by atoms with Crippen LogP contribution >= 0.6 is 0 Å². The summed E-state index contributed by atoms with van der Waals surface area (Å²) in [6, 6.07) is 6.17. The number of hydrogen-bond donors (Lipinski definition) is 1. The Balaban J connectivity index is 2.66. The van der Waals surface area contributed by atoms with Crippen LogP contribution < -0.4 is 10.1 Å². The molecule has 3 heteroatoms. The lowest BCUT2D eigenvalue weighted by molar-refractivity contribution is -0.118. The largest absolute Gasteiger partial charge is 0.496 e. The van der Waals surface area contributed by atoms with E-state index in [0.717, 1.165) is 23.4 Å². The Morgan fingerprint density at radius 2 is 2.17 bits per heavy atom. The first kappa shape index (κ1) is 14.7. The summed E-state index contributed by atoms with van der Waals surface area (Å²) in [6.07, 6.45) is 1.01. The van der Waals surface area contributed by atoms with Crippen LogP contribution in [-0.2, 0) is 11.2 Å². The van der Waals surface area contributed by atoms with E-state index in [2.05, 4.69) is 5.32 Å². The molecule has 0 aliphatic carbocycles. The van der Waals surface area contributed by atoms with Gasteiger partial charge in [-0.3, -0.25) is 4.79 Å². The van der Waals surface area contributed by atoms with Crippen LogP contribution in [0.5, 0.6) is 5.75 Å². The lowest BCUT2D eigenvalue weighted by atomic mass is 10.0. The Morgan fingerprint density at radius 1 is 1.44 bits per heavy atom. The summed E-state index contributed by atoms with van der Waals surface area (Å²) in [4.78, 5) is 12.0. The lowest BCUT2D eigenvalue weighted by Gasteiger charge is -2.12. The van der Waals surface area contributed by atoms with Crippen molar-refractivity contribution in [2.24, 2.45) is 0 Å². The molecule has 1 rings (SSSR count). The highest BCUT2D eigenvalue weighted by Crippen LogP contribution is 2.20. The number of benzene rings is 1. The van der Waals surface area contributed by atoms with Crippen molar-refractivity contribution in [1.82, 2.24) is 5.32 Å². The molecule has 0 heterocycles. The van der Waals surface area contributed by atoms with Crippen LogP contribution in [0.4, 0.5) is 0 Å². The van der Waals surface area contributed by atoms with E-state index in [9.17, 15) is 4.79 Å². The molecule has 18 heavy (non-hydrogen) atoms. The first-order valence-corrected chi connectivity index (χ1v) is 6.45. The summed E-state index contributed by atoms with van der Waals surface area (Å²) in [5.74, 6) is 1.04. The molecular weight excluding hydrogens is 226 g/mol. The van der Waals surface area contributed by atoms with Crippen molar-refractivity contribution in [3.8, 4) is 5.75 Å². The highest BCUT2D eigenvalue weighted by atomic mass is 16.5. The number of carbonyl (C=O) groups is 1. The van der Waals surface area contributed by atoms with Crippen LogP contribution in [0.1, 0.15) is 31.4 Å². The molecule has 0 saturated heterocycles. The van der Waals surface area contributed by atoms with Crippen LogP contribution in [0, 0.1) is 6.92 Å². The Labute approximate surface area is 110 Å². The molecule has 1 N–H and O–H groups in total. The van der Waals surface area contributed by atoms with Gasteiger partial charge >= 0.3 is 0 Å². The van der Waals surface area contributed by atoms with Crippen molar-refractivity contribution >= 4 is 5.78 Å². The molecule has 1 aromatic carbocycles. The van der Waals surface area contributed by atoms with Crippen molar-refractivity contribution in [3.05, 3.63) is 29.3 Å². The molecule has 0 fully saturated rings. The van der Waals surface area contributed by atoms with Gasteiger partial charge in [0.2, 0.25) is 0 Å². The van der Waals surface area contributed by atoms with Gasteiger partial charge in [0.15, 0.2) is 0 Å². The maximum atomic E-state index is 12.0. The quantitative estimate of drug-likeness (QED) is 0.807. The Hall–Kier alpha value is -1.35. The number of rotatable bonds is 7. The van der Waals surface area contributed by atoms with Crippen LogP contribution in [0.25, 0.3) is 0 Å². The molecule has 100 valence electrons. The Bertz CT molecular complexity index is 401. The zero-order chi connectivity index (χ0) is 13.5. The molecule has 0 amide bonds. The molecular formula is C15H23NO2. The predicted octanol–water partition coefficient (Wildman–Crippen LogP) is 2.50. The monoisotopic (exact) mass is 249 g/mol. The predicted molar refractivity (Wildman–Crippen MR) is 74.2 cm³/mol. The summed E-state index contributed by atoms with van der Waals surface area (Å²) in [5.41, 5.74) is 2.13. The second-order valence-corrected chi connectivity index (χ2v) is 4.69. The number of carbonyl (C=O) groups excluding carboxylic acids is 1. The molecule has 1 atom stereocenters. The van der Waals surface area contributed by atoms with Gasteiger partial charge in [-0.1, -0.05) is 24.6 Å². The standard InChI is InChI=1S/C15H23NO2/c1-5-16-12(3)9-14(17)10-13-8-11(2)6-7-15(13)18-4/h6-8,12,16H,5,9-10H2,1-4H3. The zero-order valence-corrected chi connectivity index (χ0v) is 11.7. The van der Waals surface area contributed by atoms with E-state index in [1.807, 2.05) is 39.0 Å². The Kier molecular flexibility index (Phi) is 5.86. The maximum absolute atomic E-state index is 12.0. The Morgan fingerprint density at radius 3 is 2.78 bits per heavy atom. The first-order valence-electron chi connectivity index (χ1n) is 6.45. The van der Waals surface area contributed by atoms with Crippen molar-refractivity contribution in [2.75, 3.05) is 13.7 Å². The van der Waals surface area contributed by atoms with E-state index < -0.39 is 0 Å². The zero-order valence-electron chi connectivity index (χ0n) is 11.7. The molecule has 0 aliphatic heterocycles. The van der Waals surface area contributed by atoms with Crippen molar-refractivity contribution < 1.29 is 9.53 Å². The fourth-order valence-electron chi connectivity index (χ4n) is 2.09. The lowest BCUT2D eigenvalue weighted by Crippen LogP contribution is -2.28. The minimum Gasteiger partial charge on any atom is -0.496 e. The molecule has 0 saturated carbocycles. The average Bonchev–Trinajstić information content (AvgIpc) is 2.29. The number of ether oxygens (including phenoxy) is 1. The number of Topliss-reactive ketones (excluding diaryl/α,β-unsaturated/α-hetero) is 1. The summed E-state index contributed by atoms with van der Waals surface area (Å²) in [7, 11) is 1.64. The number of aryl methyl sites for hydroxylation is 1. The van der Waals surface area contributed by atoms with Gasteiger partial charge in [-0.15, -0.1) is 0 Å². The SMILES string of the molecule is CCNC(C)CC(=O)Cc1cc(C)ccc1OC. The number of methoxy groups -OCH3 is 1. The van der Waals surface area contributed by atoms with Crippen molar-refractivity contribution in [1.29, 1.82) is 0 Å². The third kappa shape index (κ3) is 4.49. The second kappa shape index (κ2) is 7.17. The minimum absolute atomic E-state index is 0.235. The third-order valence-corrected chi connectivity index (χ3v) is 2.91. The summed E-state index contributed by atoms with van der Waals surface area (Å²) in [6.45, 7) is 7.00. The van der Waals surface area contributed by atoms with Crippen molar-refractivity contribution in [3.63, 3.8) is 0 Å². The average molecular weight is 249 g/mol. The first-order chi connectivity index (χ1) is 8.56. The third-order valence-electron chi connectivity index (χ3n) is 2.91. The van der Waals surface area contributed by atoms with E-state index in [4.69, 9.17) is 4.74 Å². The van der Waals surface area contributed by atoms with E-state index in [-0.39, 0.29) is 11.8 Å². The second-order valence-electron chi connectivity index (χ2n) is 4.69. The van der Waals surface area contributed by atoms with Crippen LogP contribution in [-0.4, -0.2) is 25.5 Å². The van der Waals surface area contributed by atoms with Crippen LogP contribution in [0.2, 0.25) is 0 Å². The fraction of sp³-hybridized carbons (Fsp3) is 0.533. The summed E-state index contributed by atoms with van der Waals surface area (Å²) < 4.78 is 5.29. The summed E-state index contributed by atoms with van der Waals surface area (Å²) in [5, 5.41) is 3.25. The van der Waals surface area contributed by atoms with Gasteiger partial charge in [-0.05, 0) is 26.5 Å². The van der Waals surface area contributed by atoms with Crippen molar-refractivity contribution in [2.45, 2.75) is 39.7 Å². The number of hydrogen-bond acceptors (Lipinski definition) is 3. The van der Waals surface area contributed by atoms with Gasteiger partial charge in [0.25, 0.3) is 0 Å². The summed E-state index contributed by atoms with van der Waals surface area (Å²) >= 11 is 0. The number of ketones is 1. The molecule has 0 aliphatic rings. The molecule has 0 bridgehead atoms. The van der Waals surface area contributed by atoms with E-state index >= 15 is 0 Å². The van der Waals surface area contributed by atoms with Gasteiger partial charge in [-0.2, -0.15) is 0 Å². The minimum atomic E-state index is 0.235. The van der Waals surface area contributed by atoms with Gasteiger partial charge in [0.1, 0.15) is 11.5 Å². The van der Waals surface area contributed by atoms with E-state index in [1.165, 1.54) is 0 Å². The number of nitrogens with one attached hydrogen (secondary N) is 1. The van der Waals surface area contributed by atoms with Gasteiger partial charge in [0, 0.05) is 24.4 Å².